The first-order valence-electron chi connectivity index (χ1n) is 9.63. The van der Waals surface area contributed by atoms with Gasteiger partial charge in [0.15, 0.2) is 5.78 Å². The van der Waals surface area contributed by atoms with Gasteiger partial charge >= 0.3 is 5.97 Å². The summed E-state index contributed by atoms with van der Waals surface area (Å²) in [6, 6.07) is 21.5. The molecular formula is C25H20N2O3. The lowest BCUT2D eigenvalue weighted by Crippen LogP contribution is -2.13. The molecule has 0 saturated heterocycles. The summed E-state index contributed by atoms with van der Waals surface area (Å²) in [5, 5.41) is 0. The Balaban J connectivity index is 1.57. The average molecular weight is 396 g/mol. The summed E-state index contributed by atoms with van der Waals surface area (Å²) in [5.74, 6) is -0.787. The first-order chi connectivity index (χ1) is 14.5. The molecule has 0 atom stereocenters. The highest BCUT2D eigenvalue weighted by Crippen LogP contribution is 2.18. The van der Waals surface area contributed by atoms with E-state index in [1.165, 1.54) is 0 Å². The minimum Gasteiger partial charge on any atom is -0.455 e. The molecule has 30 heavy (non-hydrogen) atoms. The van der Waals surface area contributed by atoms with Crippen molar-refractivity contribution in [3.63, 3.8) is 0 Å². The number of nitrogens with zero attached hydrogens (tertiary/aromatic N) is 2. The topological polar surface area (TPSA) is 69.2 Å². The molecule has 0 fully saturated rings. The van der Waals surface area contributed by atoms with Crippen LogP contribution in [0.15, 0.2) is 72.8 Å². The van der Waals surface area contributed by atoms with Crippen molar-refractivity contribution in [1.82, 2.24) is 9.97 Å². The first-order valence-corrected chi connectivity index (χ1v) is 9.63. The summed E-state index contributed by atoms with van der Waals surface area (Å²) in [6.07, 6.45) is 0. The summed E-state index contributed by atoms with van der Waals surface area (Å²) in [4.78, 5) is 34.8. The number of carbonyl (C=O) groups excluding carboxylic acids is 2. The fourth-order valence-corrected chi connectivity index (χ4v) is 3.19. The molecule has 0 N–H and O–H groups in total. The Labute approximate surface area is 174 Å². The molecule has 0 aliphatic rings. The van der Waals surface area contributed by atoms with E-state index in [4.69, 9.17) is 4.74 Å². The molecule has 1 heterocycles. The molecule has 148 valence electrons. The number of hydrogen-bond acceptors (Lipinski definition) is 5. The molecule has 0 aliphatic carbocycles. The summed E-state index contributed by atoms with van der Waals surface area (Å²) in [6.45, 7) is 3.77. The second-order valence-corrected chi connectivity index (χ2v) is 7.06. The predicted molar refractivity (Wildman–Crippen MR) is 114 cm³/mol. The second-order valence-electron chi connectivity index (χ2n) is 7.06. The van der Waals surface area contributed by atoms with Gasteiger partial charge in [0.05, 0.1) is 28.0 Å². The highest BCUT2D eigenvalue weighted by atomic mass is 16.5. The van der Waals surface area contributed by atoms with Crippen LogP contribution in [-0.4, -0.2) is 21.7 Å². The molecule has 0 bridgehead atoms. The lowest BCUT2D eigenvalue weighted by atomic mass is 9.98. The van der Waals surface area contributed by atoms with Gasteiger partial charge in [0, 0.05) is 11.1 Å². The summed E-state index contributed by atoms with van der Waals surface area (Å²) in [5.41, 5.74) is 4.95. The van der Waals surface area contributed by atoms with Gasteiger partial charge in [0.1, 0.15) is 6.61 Å². The van der Waals surface area contributed by atoms with Crippen LogP contribution in [0.4, 0.5) is 0 Å². The molecule has 1 aromatic heterocycles. The number of carbonyl (C=O) groups is 2. The quantitative estimate of drug-likeness (QED) is 0.357. The molecule has 0 aliphatic heterocycles. The highest BCUT2D eigenvalue weighted by molar-refractivity contribution is 6.14. The number of ketones is 1. The zero-order chi connectivity index (χ0) is 21.1. The van der Waals surface area contributed by atoms with Gasteiger partial charge in [0.25, 0.3) is 0 Å². The predicted octanol–water partition coefficient (Wildman–Crippen LogP) is 4.83. The first kappa shape index (κ1) is 19.5. The highest BCUT2D eigenvalue weighted by Gasteiger charge is 2.19. The molecule has 0 spiro atoms. The van der Waals surface area contributed by atoms with Gasteiger partial charge in [-0.15, -0.1) is 0 Å². The van der Waals surface area contributed by atoms with Crippen molar-refractivity contribution in [3.05, 3.63) is 106 Å². The lowest BCUT2D eigenvalue weighted by Gasteiger charge is -2.10. The number of para-hydroxylation sites is 2. The van der Waals surface area contributed by atoms with Crippen molar-refractivity contribution in [2.45, 2.75) is 20.5 Å². The maximum atomic E-state index is 12.9. The van der Waals surface area contributed by atoms with Crippen LogP contribution >= 0.6 is 0 Å². The van der Waals surface area contributed by atoms with Crippen LogP contribution in [0.2, 0.25) is 0 Å². The summed E-state index contributed by atoms with van der Waals surface area (Å²) in [7, 11) is 0. The molecule has 0 amide bonds. The van der Waals surface area contributed by atoms with Crippen LogP contribution in [0.3, 0.4) is 0 Å². The van der Waals surface area contributed by atoms with Gasteiger partial charge in [0.2, 0.25) is 0 Å². The Bertz CT molecular complexity index is 1250. The second kappa shape index (κ2) is 8.25. The van der Waals surface area contributed by atoms with Crippen molar-refractivity contribution < 1.29 is 14.3 Å². The minimum atomic E-state index is -0.569. The number of rotatable bonds is 5. The lowest BCUT2D eigenvalue weighted by molar-refractivity contribution is 0.0464. The fraction of sp³-hybridized carbons (Fsp3) is 0.120. The Morgan fingerprint density at radius 2 is 1.37 bits per heavy atom. The van der Waals surface area contributed by atoms with E-state index in [0.717, 1.165) is 16.6 Å². The van der Waals surface area contributed by atoms with Crippen LogP contribution in [0.5, 0.6) is 0 Å². The van der Waals surface area contributed by atoms with E-state index in [0.29, 0.717) is 22.5 Å². The Morgan fingerprint density at radius 1 is 0.767 bits per heavy atom. The maximum Gasteiger partial charge on any atom is 0.339 e. The van der Waals surface area contributed by atoms with Crippen LogP contribution in [0.25, 0.3) is 11.0 Å². The number of fused-ring (bicyclic) bond motifs is 1. The van der Waals surface area contributed by atoms with E-state index in [1.807, 2.05) is 50.2 Å². The van der Waals surface area contributed by atoms with Crippen LogP contribution in [-0.2, 0) is 11.3 Å². The van der Waals surface area contributed by atoms with Crippen molar-refractivity contribution >= 4 is 22.8 Å². The minimum absolute atomic E-state index is 0.0183. The van der Waals surface area contributed by atoms with Gasteiger partial charge in [-0.2, -0.15) is 0 Å². The van der Waals surface area contributed by atoms with Crippen molar-refractivity contribution in [2.24, 2.45) is 0 Å². The molecule has 0 saturated carbocycles. The summed E-state index contributed by atoms with van der Waals surface area (Å²) < 4.78 is 5.50. The fourth-order valence-electron chi connectivity index (χ4n) is 3.19. The molecule has 5 heteroatoms. The van der Waals surface area contributed by atoms with E-state index in [-0.39, 0.29) is 18.0 Å². The Hall–Kier alpha value is -3.86. The molecule has 0 unspecified atom stereocenters. The van der Waals surface area contributed by atoms with E-state index in [9.17, 15) is 9.59 Å². The zero-order valence-electron chi connectivity index (χ0n) is 16.8. The average Bonchev–Trinajstić information content (AvgIpc) is 2.77. The monoisotopic (exact) mass is 396 g/mol. The van der Waals surface area contributed by atoms with Gasteiger partial charge in [-0.1, -0.05) is 60.2 Å². The van der Waals surface area contributed by atoms with Crippen LogP contribution in [0, 0.1) is 13.8 Å². The zero-order valence-corrected chi connectivity index (χ0v) is 16.8. The largest absolute Gasteiger partial charge is 0.455 e. The van der Waals surface area contributed by atoms with E-state index in [2.05, 4.69) is 9.97 Å². The Morgan fingerprint density at radius 3 is 2.07 bits per heavy atom. The van der Waals surface area contributed by atoms with Crippen molar-refractivity contribution in [1.29, 1.82) is 0 Å². The van der Waals surface area contributed by atoms with E-state index in [1.54, 1.807) is 36.4 Å². The van der Waals surface area contributed by atoms with Crippen molar-refractivity contribution in [2.75, 3.05) is 0 Å². The van der Waals surface area contributed by atoms with Gasteiger partial charge in [-0.05, 0) is 32.0 Å². The third-order valence-electron chi connectivity index (χ3n) is 4.89. The standard InChI is InChI=1S/C25H20N2O3/c1-16-11-13-18(14-12-16)24(28)19-7-3-4-8-20(19)25(29)30-15-23-17(2)26-21-9-5-6-10-22(21)27-23/h3-14H,15H2,1-2H3. The molecule has 0 radical (unpaired) electrons. The SMILES string of the molecule is Cc1ccc(C(=O)c2ccccc2C(=O)OCc2nc3ccccc3nc2C)cc1. The third kappa shape index (κ3) is 3.96. The summed E-state index contributed by atoms with van der Waals surface area (Å²) >= 11 is 0. The number of esters is 1. The van der Waals surface area contributed by atoms with Crippen LogP contribution in [0.1, 0.15) is 43.2 Å². The number of aryl methyl sites for hydroxylation is 2. The molecule has 3 aromatic carbocycles. The molecule has 5 nitrogen and oxygen atoms in total. The number of aromatic nitrogens is 2. The number of hydrogen-bond donors (Lipinski definition) is 0. The van der Waals surface area contributed by atoms with Gasteiger partial charge in [-0.25, -0.2) is 14.8 Å². The molecule has 4 aromatic rings. The van der Waals surface area contributed by atoms with E-state index < -0.39 is 5.97 Å². The molecule has 4 rings (SSSR count). The third-order valence-corrected chi connectivity index (χ3v) is 4.89. The smallest absolute Gasteiger partial charge is 0.339 e. The number of benzene rings is 3. The van der Waals surface area contributed by atoms with E-state index >= 15 is 0 Å². The molecular weight excluding hydrogens is 376 g/mol. The number of ether oxygens (including phenoxy) is 1. The van der Waals surface area contributed by atoms with Crippen molar-refractivity contribution in [3.8, 4) is 0 Å². The normalized spacial score (nSPS) is 10.7. The maximum absolute atomic E-state index is 12.9. The van der Waals surface area contributed by atoms with Gasteiger partial charge in [-0.3, -0.25) is 4.79 Å². The van der Waals surface area contributed by atoms with Crippen LogP contribution < -0.4 is 0 Å². The van der Waals surface area contributed by atoms with Gasteiger partial charge < -0.3 is 4.74 Å². The Kier molecular flexibility index (Phi) is 5.35.